The van der Waals surface area contributed by atoms with Gasteiger partial charge in [0.2, 0.25) is 5.16 Å². The van der Waals surface area contributed by atoms with Crippen LogP contribution in [0.4, 0.5) is 4.79 Å². The van der Waals surface area contributed by atoms with E-state index in [0.29, 0.717) is 75.7 Å². The van der Waals surface area contributed by atoms with Crippen molar-refractivity contribution >= 4 is 35.4 Å². The number of nitrogens with one attached hydrogen (secondary N) is 1. The maximum absolute atomic E-state index is 13.2. The first-order valence-electron chi connectivity index (χ1n) is 14.7. The van der Waals surface area contributed by atoms with Gasteiger partial charge in [-0.15, -0.1) is 5.10 Å². The van der Waals surface area contributed by atoms with E-state index >= 15 is 0 Å². The number of amides is 1. The minimum atomic E-state index is -2.77. The van der Waals surface area contributed by atoms with Crippen LogP contribution in [-0.2, 0) is 26.6 Å². The zero-order chi connectivity index (χ0) is 30.0. The van der Waals surface area contributed by atoms with Crippen LogP contribution in [0.3, 0.4) is 0 Å². The number of carbonyl (C=O) groups excluding carboxylic acids is 1. The van der Waals surface area contributed by atoms with Gasteiger partial charge in [0.25, 0.3) is 0 Å². The molecule has 1 amide bonds. The summed E-state index contributed by atoms with van der Waals surface area (Å²) in [6.07, 6.45) is 1.46. The fourth-order valence-corrected chi connectivity index (χ4v) is 10.5. The number of hydrogen-bond acceptors (Lipinski definition) is 10. The van der Waals surface area contributed by atoms with Crippen LogP contribution in [0.2, 0.25) is 12.1 Å². The average Bonchev–Trinajstić information content (AvgIpc) is 3.39. The van der Waals surface area contributed by atoms with Crippen LogP contribution in [0.1, 0.15) is 54.4 Å². The number of carbonyl (C=O) groups is 1. The summed E-state index contributed by atoms with van der Waals surface area (Å²) in [4.78, 5) is 17.9. The second kappa shape index (κ2) is 19.5. The quantitative estimate of drug-likeness (QED) is 0.102. The van der Waals surface area contributed by atoms with Crippen molar-refractivity contribution in [3.8, 4) is 11.4 Å². The first kappa shape index (κ1) is 35.6. The highest BCUT2D eigenvalue weighted by molar-refractivity contribution is 7.99. The number of aromatic nitrogens is 3. The largest absolute Gasteiger partial charge is 0.500 e. The van der Waals surface area contributed by atoms with Gasteiger partial charge in [0.15, 0.2) is 5.82 Å². The Hall–Kier alpha value is -1.63. The van der Waals surface area contributed by atoms with Gasteiger partial charge in [-0.3, -0.25) is 0 Å². The molecule has 0 unspecified atom stereocenters. The van der Waals surface area contributed by atoms with Gasteiger partial charge in [-0.1, -0.05) is 42.1 Å². The summed E-state index contributed by atoms with van der Waals surface area (Å²) in [5.41, 5.74) is 0.813. The number of hydrogen-bond donors (Lipinski definition) is 1. The number of benzene rings is 1. The van der Waals surface area contributed by atoms with E-state index < -0.39 is 17.6 Å². The van der Waals surface area contributed by atoms with E-state index in [9.17, 15) is 4.79 Å². The van der Waals surface area contributed by atoms with Crippen molar-refractivity contribution in [1.29, 1.82) is 0 Å². The number of thioether (sulfide) groups is 1. The van der Waals surface area contributed by atoms with Crippen molar-refractivity contribution in [3.05, 3.63) is 30.3 Å². The van der Waals surface area contributed by atoms with Crippen LogP contribution in [0.25, 0.3) is 11.4 Å². The summed E-state index contributed by atoms with van der Waals surface area (Å²) >= 11 is 1.50. The lowest BCUT2D eigenvalue weighted by Crippen LogP contribution is -2.46. The van der Waals surface area contributed by atoms with Crippen LogP contribution in [0.5, 0.6) is 0 Å². The molecule has 0 aliphatic carbocycles. The molecule has 0 bridgehead atoms. The van der Waals surface area contributed by atoms with Gasteiger partial charge in [-0.05, 0) is 54.4 Å². The summed E-state index contributed by atoms with van der Waals surface area (Å²) in [7, 11) is -5.47. The molecule has 1 heterocycles. The predicted molar refractivity (Wildman–Crippen MR) is 165 cm³/mol. The smallest absolute Gasteiger partial charge is 0.374 e. The van der Waals surface area contributed by atoms with Gasteiger partial charge in [0.05, 0.1) is 0 Å². The maximum Gasteiger partial charge on any atom is 0.500 e. The highest BCUT2D eigenvalue weighted by atomic mass is 32.2. The summed E-state index contributed by atoms with van der Waals surface area (Å²) in [5.74, 6) is 1.23. The lowest BCUT2D eigenvalue weighted by molar-refractivity contribution is 0.0702. The Morgan fingerprint density at radius 2 is 1.27 bits per heavy atom. The van der Waals surface area contributed by atoms with Crippen molar-refractivity contribution in [2.75, 3.05) is 51.9 Å². The molecule has 1 aromatic heterocycles. The molecule has 0 aliphatic rings. The summed E-state index contributed by atoms with van der Waals surface area (Å²) < 4.78 is 37.0. The maximum atomic E-state index is 13.2. The molecule has 0 saturated heterocycles. The highest BCUT2D eigenvalue weighted by Crippen LogP contribution is 2.25. The van der Waals surface area contributed by atoms with E-state index in [1.165, 1.54) is 16.4 Å². The van der Waals surface area contributed by atoms with E-state index in [4.69, 9.17) is 31.5 Å². The van der Waals surface area contributed by atoms with Gasteiger partial charge in [-0.25, -0.2) is 9.78 Å². The van der Waals surface area contributed by atoms with E-state index in [-0.39, 0.29) is 6.03 Å². The van der Waals surface area contributed by atoms with Gasteiger partial charge < -0.3 is 31.9 Å². The minimum Gasteiger partial charge on any atom is -0.374 e. The van der Waals surface area contributed by atoms with Crippen molar-refractivity contribution in [2.24, 2.45) is 0 Å². The van der Waals surface area contributed by atoms with E-state index in [1.54, 1.807) is 0 Å². The molecular weight excluding hydrogens is 581 g/mol. The standard InChI is InChI=1S/C27H48N4O7SSi2/c1-7-33-40(34-8-2,35-9-3)22-16-20-28-27(32)31-25(24-18-14-13-15-19-24)29-26(30-31)39-21-17-23-41(36-10-4,37-11-5)38-12-6/h13-15,18-19H,7-12,16-17,20-23H2,1-6H3,(H,28,32). The summed E-state index contributed by atoms with van der Waals surface area (Å²) in [6.45, 7) is 15.3. The van der Waals surface area contributed by atoms with Gasteiger partial charge in [0, 0.05) is 69.6 Å². The summed E-state index contributed by atoms with van der Waals surface area (Å²) in [6, 6.07) is 10.6. The van der Waals surface area contributed by atoms with E-state index in [1.807, 2.05) is 71.9 Å². The third-order valence-corrected chi connectivity index (χ3v) is 13.0. The van der Waals surface area contributed by atoms with Crippen molar-refractivity contribution in [2.45, 2.75) is 71.6 Å². The van der Waals surface area contributed by atoms with E-state index in [0.717, 1.165) is 17.7 Å². The van der Waals surface area contributed by atoms with Gasteiger partial charge >= 0.3 is 23.6 Å². The predicted octanol–water partition coefficient (Wildman–Crippen LogP) is 5.47. The zero-order valence-electron chi connectivity index (χ0n) is 25.5. The molecule has 41 heavy (non-hydrogen) atoms. The van der Waals surface area contributed by atoms with Gasteiger partial charge in [0.1, 0.15) is 0 Å². The highest BCUT2D eigenvalue weighted by Gasteiger charge is 2.40. The molecular formula is C27H48N4O7SSi2. The second-order valence-electron chi connectivity index (χ2n) is 8.75. The molecule has 1 N–H and O–H groups in total. The first-order chi connectivity index (χ1) is 19.9. The Kier molecular flexibility index (Phi) is 17.0. The Bertz CT molecular complexity index is 969. The zero-order valence-corrected chi connectivity index (χ0v) is 28.3. The van der Waals surface area contributed by atoms with Crippen LogP contribution in [0.15, 0.2) is 35.5 Å². The molecule has 2 aromatic rings. The van der Waals surface area contributed by atoms with Gasteiger partial charge in [-0.2, -0.15) is 4.68 Å². The molecule has 0 fully saturated rings. The molecule has 0 saturated carbocycles. The molecule has 0 aliphatic heterocycles. The van der Waals surface area contributed by atoms with Crippen LogP contribution >= 0.6 is 11.8 Å². The molecule has 2 rings (SSSR count). The first-order valence-corrected chi connectivity index (χ1v) is 19.5. The Labute approximate surface area is 251 Å². The molecule has 1 aromatic carbocycles. The molecule has 14 heteroatoms. The minimum absolute atomic E-state index is 0.338. The van der Waals surface area contributed by atoms with Crippen molar-refractivity contribution in [1.82, 2.24) is 20.1 Å². The summed E-state index contributed by atoms with van der Waals surface area (Å²) in [5, 5.41) is 8.06. The SMILES string of the molecule is CCO[Si](CCCNC(=O)n1nc(SCCC[Si](OCC)(OCC)OCC)nc1-c1ccccc1)(OCC)OCC. The third-order valence-electron chi connectivity index (χ3n) is 5.79. The Morgan fingerprint density at radius 1 is 0.780 bits per heavy atom. The lowest BCUT2D eigenvalue weighted by Gasteiger charge is -2.28. The normalized spacial score (nSPS) is 12.1. The molecule has 0 radical (unpaired) electrons. The van der Waals surface area contributed by atoms with E-state index in [2.05, 4.69) is 10.4 Å². The number of rotatable bonds is 22. The average molecular weight is 629 g/mol. The monoisotopic (exact) mass is 628 g/mol. The van der Waals surface area contributed by atoms with Crippen LogP contribution < -0.4 is 5.32 Å². The second-order valence-corrected chi connectivity index (χ2v) is 15.3. The lowest BCUT2D eigenvalue weighted by atomic mass is 10.2. The molecule has 11 nitrogen and oxygen atoms in total. The fraction of sp³-hybridized carbons (Fsp3) is 0.667. The van der Waals surface area contributed by atoms with Crippen molar-refractivity contribution < 1.29 is 31.4 Å². The number of nitrogens with zero attached hydrogens (tertiary/aromatic N) is 3. The van der Waals surface area contributed by atoms with Crippen LogP contribution in [0, 0.1) is 0 Å². The Morgan fingerprint density at radius 3 is 1.76 bits per heavy atom. The molecule has 0 spiro atoms. The topological polar surface area (TPSA) is 115 Å². The van der Waals surface area contributed by atoms with Crippen LogP contribution in [-0.4, -0.2) is 90.3 Å². The third kappa shape index (κ3) is 11.5. The fourth-order valence-electron chi connectivity index (χ4n) is 4.30. The molecule has 232 valence electrons. The van der Waals surface area contributed by atoms with Crippen molar-refractivity contribution in [3.63, 3.8) is 0 Å². The molecule has 0 atom stereocenters. The Balaban J connectivity index is 2.07.